The summed E-state index contributed by atoms with van der Waals surface area (Å²) in [6, 6.07) is 0.218. The highest BCUT2D eigenvalue weighted by Crippen LogP contribution is 2.18. The van der Waals surface area contributed by atoms with Crippen molar-refractivity contribution in [3.05, 3.63) is 0 Å². The molecule has 8 nitrogen and oxygen atoms in total. The van der Waals surface area contributed by atoms with Crippen molar-refractivity contribution in [1.82, 2.24) is 15.0 Å². The Labute approximate surface area is 125 Å². The Hall–Kier alpha value is -1.67. The van der Waals surface area contributed by atoms with Crippen LogP contribution in [0.15, 0.2) is 0 Å². The van der Waals surface area contributed by atoms with E-state index >= 15 is 0 Å². The van der Waals surface area contributed by atoms with Crippen LogP contribution in [0.1, 0.15) is 20.3 Å². The highest BCUT2D eigenvalue weighted by Gasteiger charge is 2.19. The summed E-state index contributed by atoms with van der Waals surface area (Å²) in [4.78, 5) is 17.1. The first-order chi connectivity index (χ1) is 10.1. The second-order valence-electron chi connectivity index (χ2n) is 5.26. The molecule has 0 bridgehead atoms. The zero-order valence-electron chi connectivity index (χ0n) is 12.7. The van der Waals surface area contributed by atoms with Crippen molar-refractivity contribution in [3.8, 4) is 0 Å². The van der Waals surface area contributed by atoms with Crippen LogP contribution in [0.2, 0.25) is 0 Å². The van der Waals surface area contributed by atoms with Gasteiger partial charge in [0.15, 0.2) is 0 Å². The van der Waals surface area contributed by atoms with E-state index in [2.05, 4.69) is 33.7 Å². The molecule has 0 saturated carbocycles. The standard InChI is InChI=1S/C13H24N6O2/c1-10(2)19(4-3-7-20)13-16-11(14)15-12(17-13)18-5-8-21-9-6-18/h10,20H,3-9H2,1-2H3,(H2,14,15,16,17). The first kappa shape index (κ1) is 15.7. The summed E-state index contributed by atoms with van der Waals surface area (Å²) in [6.45, 7) is 7.78. The summed E-state index contributed by atoms with van der Waals surface area (Å²) in [5.74, 6) is 1.37. The molecule has 1 aliphatic rings. The molecule has 3 N–H and O–H groups in total. The number of nitrogens with zero attached hydrogens (tertiary/aromatic N) is 5. The van der Waals surface area contributed by atoms with E-state index in [1.54, 1.807) is 0 Å². The molecule has 118 valence electrons. The van der Waals surface area contributed by atoms with Crippen molar-refractivity contribution >= 4 is 17.8 Å². The first-order valence-electron chi connectivity index (χ1n) is 7.33. The van der Waals surface area contributed by atoms with E-state index in [4.69, 9.17) is 15.6 Å². The Bertz CT molecular complexity index is 450. The minimum atomic E-state index is 0.139. The summed E-state index contributed by atoms with van der Waals surface area (Å²) < 4.78 is 5.34. The number of aromatic nitrogens is 3. The van der Waals surface area contributed by atoms with E-state index in [1.807, 2.05) is 4.90 Å². The second kappa shape index (κ2) is 7.37. The number of hydrogen-bond acceptors (Lipinski definition) is 8. The van der Waals surface area contributed by atoms with E-state index in [0.717, 1.165) is 13.1 Å². The summed E-state index contributed by atoms with van der Waals surface area (Å²) in [5, 5.41) is 9.03. The van der Waals surface area contributed by atoms with Gasteiger partial charge in [0, 0.05) is 32.3 Å². The number of nitrogen functional groups attached to an aromatic ring is 1. The van der Waals surface area contributed by atoms with Crippen LogP contribution < -0.4 is 15.5 Å². The Balaban J connectivity index is 2.23. The molecule has 1 saturated heterocycles. The molecule has 2 heterocycles. The van der Waals surface area contributed by atoms with Crippen molar-refractivity contribution in [2.45, 2.75) is 26.3 Å². The fourth-order valence-corrected chi connectivity index (χ4v) is 2.23. The van der Waals surface area contributed by atoms with Crippen LogP contribution in [-0.4, -0.2) is 65.6 Å². The third-order valence-electron chi connectivity index (χ3n) is 3.36. The van der Waals surface area contributed by atoms with Gasteiger partial charge >= 0.3 is 0 Å². The number of rotatable bonds is 6. The molecule has 0 aromatic carbocycles. The first-order valence-corrected chi connectivity index (χ1v) is 7.33. The van der Waals surface area contributed by atoms with Gasteiger partial charge in [-0.25, -0.2) is 0 Å². The van der Waals surface area contributed by atoms with Gasteiger partial charge in [0.1, 0.15) is 0 Å². The number of aliphatic hydroxyl groups excluding tert-OH is 1. The Morgan fingerprint density at radius 3 is 2.62 bits per heavy atom. The number of ether oxygens (including phenoxy) is 1. The molecule has 0 radical (unpaired) electrons. The van der Waals surface area contributed by atoms with Gasteiger partial charge in [-0.2, -0.15) is 15.0 Å². The average Bonchev–Trinajstić information content (AvgIpc) is 2.48. The molecule has 0 unspecified atom stereocenters. The molecule has 1 aromatic heterocycles. The Morgan fingerprint density at radius 1 is 1.29 bits per heavy atom. The fourth-order valence-electron chi connectivity index (χ4n) is 2.23. The second-order valence-corrected chi connectivity index (χ2v) is 5.26. The van der Waals surface area contributed by atoms with Gasteiger partial charge in [0.2, 0.25) is 17.8 Å². The quantitative estimate of drug-likeness (QED) is 0.750. The van der Waals surface area contributed by atoms with Crippen LogP contribution in [0.4, 0.5) is 17.8 Å². The lowest BCUT2D eigenvalue weighted by Gasteiger charge is -2.30. The Morgan fingerprint density at radius 2 is 2.00 bits per heavy atom. The zero-order valence-corrected chi connectivity index (χ0v) is 12.7. The number of anilines is 3. The smallest absolute Gasteiger partial charge is 0.232 e. The molecular weight excluding hydrogens is 272 g/mol. The van der Waals surface area contributed by atoms with Crippen LogP contribution in [0.5, 0.6) is 0 Å². The number of hydrogen-bond donors (Lipinski definition) is 2. The van der Waals surface area contributed by atoms with Gasteiger partial charge in [0.25, 0.3) is 0 Å². The molecule has 0 atom stereocenters. The molecule has 0 spiro atoms. The topological polar surface area (TPSA) is 101 Å². The van der Waals surface area contributed by atoms with Gasteiger partial charge in [-0.15, -0.1) is 0 Å². The van der Waals surface area contributed by atoms with E-state index in [9.17, 15) is 0 Å². The lowest BCUT2D eigenvalue weighted by atomic mass is 10.3. The zero-order chi connectivity index (χ0) is 15.2. The highest BCUT2D eigenvalue weighted by atomic mass is 16.5. The number of morpholine rings is 1. The highest BCUT2D eigenvalue weighted by molar-refractivity contribution is 5.44. The van der Waals surface area contributed by atoms with Gasteiger partial charge in [-0.1, -0.05) is 0 Å². The largest absolute Gasteiger partial charge is 0.396 e. The van der Waals surface area contributed by atoms with Gasteiger partial charge < -0.3 is 25.4 Å². The number of aliphatic hydroxyl groups is 1. The van der Waals surface area contributed by atoms with Crippen molar-refractivity contribution in [1.29, 1.82) is 0 Å². The predicted octanol–water partition coefficient (Wildman–Crippen LogP) is -0.112. The maximum atomic E-state index is 9.03. The molecule has 21 heavy (non-hydrogen) atoms. The molecule has 2 rings (SSSR count). The minimum absolute atomic E-state index is 0.139. The summed E-state index contributed by atoms with van der Waals surface area (Å²) in [7, 11) is 0. The molecular formula is C13H24N6O2. The molecule has 8 heteroatoms. The molecule has 1 fully saturated rings. The fraction of sp³-hybridized carbons (Fsp3) is 0.769. The monoisotopic (exact) mass is 296 g/mol. The van der Waals surface area contributed by atoms with E-state index < -0.39 is 0 Å². The molecule has 0 amide bonds. The van der Waals surface area contributed by atoms with Crippen molar-refractivity contribution in [2.24, 2.45) is 0 Å². The third kappa shape index (κ3) is 4.15. The maximum Gasteiger partial charge on any atom is 0.232 e. The van der Waals surface area contributed by atoms with Crippen LogP contribution in [0.3, 0.4) is 0 Å². The summed E-state index contributed by atoms with van der Waals surface area (Å²) in [5.41, 5.74) is 5.84. The van der Waals surface area contributed by atoms with E-state index in [1.165, 1.54) is 0 Å². The van der Waals surface area contributed by atoms with Crippen LogP contribution in [-0.2, 0) is 4.74 Å². The van der Waals surface area contributed by atoms with Gasteiger partial charge in [-0.05, 0) is 20.3 Å². The minimum Gasteiger partial charge on any atom is -0.396 e. The van der Waals surface area contributed by atoms with Crippen molar-refractivity contribution < 1.29 is 9.84 Å². The van der Waals surface area contributed by atoms with Gasteiger partial charge in [-0.3, -0.25) is 0 Å². The lowest BCUT2D eigenvalue weighted by molar-refractivity contribution is 0.122. The van der Waals surface area contributed by atoms with Crippen LogP contribution >= 0.6 is 0 Å². The third-order valence-corrected chi connectivity index (χ3v) is 3.36. The number of nitrogens with two attached hydrogens (primary N) is 1. The SMILES string of the molecule is CC(C)N(CCCO)c1nc(N)nc(N2CCOCC2)n1. The summed E-state index contributed by atoms with van der Waals surface area (Å²) >= 11 is 0. The van der Waals surface area contributed by atoms with Crippen molar-refractivity contribution in [3.63, 3.8) is 0 Å². The Kier molecular flexibility index (Phi) is 5.51. The molecule has 0 aliphatic carbocycles. The lowest BCUT2D eigenvalue weighted by Crippen LogP contribution is -2.39. The maximum absolute atomic E-state index is 9.03. The normalized spacial score (nSPS) is 15.5. The van der Waals surface area contributed by atoms with E-state index in [0.29, 0.717) is 38.1 Å². The van der Waals surface area contributed by atoms with E-state index in [-0.39, 0.29) is 18.6 Å². The van der Waals surface area contributed by atoms with Gasteiger partial charge in [0.05, 0.1) is 13.2 Å². The average molecular weight is 296 g/mol. The van der Waals surface area contributed by atoms with Crippen LogP contribution in [0, 0.1) is 0 Å². The van der Waals surface area contributed by atoms with Crippen LogP contribution in [0.25, 0.3) is 0 Å². The van der Waals surface area contributed by atoms with Crippen molar-refractivity contribution in [2.75, 3.05) is 55.0 Å². The summed E-state index contributed by atoms with van der Waals surface area (Å²) in [6.07, 6.45) is 0.663. The molecule has 1 aromatic rings. The predicted molar refractivity (Wildman–Crippen MR) is 81.5 cm³/mol. The molecule has 1 aliphatic heterocycles.